The molecule has 2 rings (SSSR count). The van der Waals surface area contributed by atoms with Crippen molar-refractivity contribution in [3.05, 3.63) is 29.3 Å². The number of carbonyl (C=O) groups excluding carboxylic acids is 2. The fraction of sp³-hybridized carbons (Fsp3) is 0.619. The normalized spacial score (nSPS) is 17.2. The van der Waals surface area contributed by atoms with E-state index in [1.54, 1.807) is 4.90 Å². The Morgan fingerprint density at radius 2 is 1.96 bits per heavy atom. The van der Waals surface area contributed by atoms with Gasteiger partial charge in [0.25, 0.3) is 5.91 Å². The fourth-order valence-electron chi connectivity index (χ4n) is 3.76. The molecule has 1 aliphatic rings. The van der Waals surface area contributed by atoms with E-state index in [0.717, 1.165) is 17.7 Å². The van der Waals surface area contributed by atoms with Crippen LogP contribution in [0.25, 0.3) is 0 Å². The number of fused-ring (bicyclic) bond motifs is 1. The molecule has 5 nitrogen and oxygen atoms in total. The maximum absolute atomic E-state index is 13.1. The minimum absolute atomic E-state index is 0.0159. The first kappa shape index (κ1) is 20.4. The predicted molar refractivity (Wildman–Crippen MR) is 106 cm³/mol. The number of hydrogen-bond donors (Lipinski definition) is 1. The van der Waals surface area contributed by atoms with Crippen molar-refractivity contribution in [1.82, 2.24) is 4.90 Å². The van der Waals surface area contributed by atoms with Gasteiger partial charge in [0.1, 0.15) is 0 Å². The van der Waals surface area contributed by atoms with Crippen molar-refractivity contribution < 1.29 is 9.59 Å². The molecule has 1 aromatic carbocycles. The van der Waals surface area contributed by atoms with E-state index in [1.165, 1.54) is 0 Å². The summed E-state index contributed by atoms with van der Waals surface area (Å²) in [5, 5.41) is 0. The van der Waals surface area contributed by atoms with Crippen LogP contribution in [-0.4, -0.2) is 41.9 Å². The molecule has 0 bridgehead atoms. The van der Waals surface area contributed by atoms with Crippen LogP contribution in [0.4, 0.5) is 5.69 Å². The molecule has 1 aromatic rings. The number of hydrogen-bond acceptors (Lipinski definition) is 3. The van der Waals surface area contributed by atoms with Gasteiger partial charge in [-0.2, -0.15) is 0 Å². The molecule has 0 unspecified atom stereocenters. The highest BCUT2D eigenvalue weighted by Gasteiger charge is 2.39. The molecule has 144 valence electrons. The molecule has 1 aliphatic heterocycles. The van der Waals surface area contributed by atoms with E-state index >= 15 is 0 Å². The first-order chi connectivity index (χ1) is 12.1. The SMILES string of the molecule is CC[C@@H](C)N(C(=O)c1ccc2c(c1)N(CCN)C(=O)C(C)(C)C2)C(C)C. The van der Waals surface area contributed by atoms with E-state index in [2.05, 4.69) is 13.8 Å². The van der Waals surface area contributed by atoms with Crippen LogP contribution in [0.15, 0.2) is 18.2 Å². The van der Waals surface area contributed by atoms with Gasteiger partial charge in [0.2, 0.25) is 5.91 Å². The maximum atomic E-state index is 13.1. The summed E-state index contributed by atoms with van der Waals surface area (Å²) in [5.74, 6) is 0.0878. The lowest BCUT2D eigenvalue weighted by Crippen LogP contribution is -2.48. The summed E-state index contributed by atoms with van der Waals surface area (Å²) in [4.78, 5) is 29.7. The molecule has 0 radical (unpaired) electrons. The Morgan fingerprint density at radius 3 is 2.50 bits per heavy atom. The molecule has 0 saturated heterocycles. The van der Waals surface area contributed by atoms with E-state index in [-0.39, 0.29) is 23.9 Å². The van der Waals surface area contributed by atoms with E-state index in [1.807, 2.05) is 50.8 Å². The van der Waals surface area contributed by atoms with Gasteiger partial charge in [-0.05, 0) is 51.3 Å². The molecule has 0 fully saturated rings. The highest BCUT2D eigenvalue weighted by molar-refractivity contribution is 6.02. The van der Waals surface area contributed by atoms with Crippen LogP contribution in [0.3, 0.4) is 0 Å². The van der Waals surface area contributed by atoms with Crippen molar-refractivity contribution in [2.24, 2.45) is 11.1 Å². The van der Waals surface area contributed by atoms with Gasteiger partial charge in [0.05, 0.1) is 0 Å². The van der Waals surface area contributed by atoms with Gasteiger partial charge < -0.3 is 15.5 Å². The zero-order valence-corrected chi connectivity index (χ0v) is 17.0. The highest BCUT2D eigenvalue weighted by Crippen LogP contribution is 2.38. The minimum Gasteiger partial charge on any atom is -0.334 e. The van der Waals surface area contributed by atoms with E-state index < -0.39 is 5.41 Å². The van der Waals surface area contributed by atoms with Gasteiger partial charge in [0.15, 0.2) is 0 Å². The second kappa shape index (κ2) is 7.78. The summed E-state index contributed by atoms with van der Waals surface area (Å²) in [6, 6.07) is 6.05. The molecular formula is C21H33N3O2. The quantitative estimate of drug-likeness (QED) is 0.848. The summed E-state index contributed by atoms with van der Waals surface area (Å²) in [6.45, 7) is 13.0. The number of nitrogens with zero attached hydrogens (tertiary/aromatic N) is 2. The number of anilines is 1. The first-order valence-electron chi connectivity index (χ1n) is 9.61. The van der Waals surface area contributed by atoms with Gasteiger partial charge in [-0.15, -0.1) is 0 Å². The third-order valence-corrected chi connectivity index (χ3v) is 5.29. The van der Waals surface area contributed by atoms with Crippen LogP contribution in [0.1, 0.15) is 63.9 Å². The third-order valence-electron chi connectivity index (χ3n) is 5.29. The van der Waals surface area contributed by atoms with Gasteiger partial charge >= 0.3 is 0 Å². The maximum Gasteiger partial charge on any atom is 0.254 e. The Labute approximate surface area is 157 Å². The second-order valence-electron chi connectivity index (χ2n) is 8.21. The van der Waals surface area contributed by atoms with E-state index in [4.69, 9.17) is 5.73 Å². The Hall–Kier alpha value is -1.88. The summed E-state index contributed by atoms with van der Waals surface area (Å²) in [5.41, 5.74) is 7.85. The summed E-state index contributed by atoms with van der Waals surface area (Å²) in [6.07, 6.45) is 1.58. The molecule has 1 heterocycles. The van der Waals surface area contributed by atoms with Crippen LogP contribution in [-0.2, 0) is 11.2 Å². The first-order valence-corrected chi connectivity index (χ1v) is 9.61. The monoisotopic (exact) mass is 359 g/mol. The zero-order chi connectivity index (χ0) is 19.6. The van der Waals surface area contributed by atoms with Crippen LogP contribution in [0.5, 0.6) is 0 Å². The van der Waals surface area contributed by atoms with Crippen LogP contribution in [0, 0.1) is 5.41 Å². The number of amides is 2. The average Bonchev–Trinajstić information content (AvgIpc) is 2.58. The summed E-state index contributed by atoms with van der Waals surface area (Å²) < 4.78 is 0. The molecule has 0 spiro atoms. The molecule has 2 N–H and O–H groups in total. The Balaban J connectivity index is 2.46. The van der Waals surface area contributed by atoms with Gasteiger partial charge in [-0.25, -0.2) is 0 Å². The predicted octanol–water partition coefficient (Wildman–Crippen LogP) is 3.21. The summed E-state index contributed by atoms with van der Waals surface area (Å²) >= 11 is 0. The largest absolute Gasteiger partial charge is 0.334 e. The standard InChI is InChI=1S/C21H33N3O2/c1-7-15(4)24(14(2)3)19(25)16-8-9-17-13-21(5,6)20(26)23(11-10-22)18(17)12-16/h8-9,12,14-15H,7,10-11,13,22H2,1-6H3/t15-/m1/s1. The lowest BCUT2D eigenvalue weighted by Gasteiger charge is -2.39. The molecule has 26 heavy (non-hydrogen) atoms. The zero-order valence-electron chi connectivity index (χ0n) is 17.0. The molecule has 0 aliphatic carbocycles. The molecule has 2 amide bonds. The van der Waals surface area contributed by atoms with Crippen LogP contribution < -0.4 is 10.6 Å². The highest BCUT2D eigenvalue weighted by atomic mass is 16.2. The smallest absolute Gasteiger partial charge is 0.254 e. The molecule has 0 aromatic heterocycles. The van der Waals surface area contributed by atoms with Crippen molar-refractivity contribution in [2.75, 3.05) is 18.0 Å². The minimum atomic E-state index is -0.450. The summed E-state index contributed by atoms with van der Waals surface area (Å²) in [7, 11) is 0. The van der Waals surface area contributed by atoms with Crippen molar-refractivity contribution in [2.45, 2.75) is 66.5 Å². The molecule has 5 heteroatoms. The van der Waals surface area contributed by atoms with Crippen LogP contribution in [0.2, 0.25) is 0 Å². The van der Waals surface area contributed by atoms with Crippen molar-refractivity contribution in [1.29, 1.82) is 0 Å². The number of benzene rings is 1. The van der Waals surface area contributed by atoms with E-state index in [9.17, 15) is 9.59 Å². The van der Waals surface area contributed by atoms with Crippen molar-refractivity contribution >= 4 is 17.5 Å². The number of nitrogens with two attached hydrogens (primary N) is 1. The van der Waals surface area contributed by atoms with Crippen LogP contribution >= 0.6 is 0 Å². The second-order valence-corrected chi connectivity index (χ2v) is 8.21. The van der Waals surface area contributed by atoms with Gasteiger partial charge in [-0.1, -0.05) is 26.8 Å². The van der Waals surface area contributed by atoms with Crippen molar-refractivity contribution in [3.63, 3.8) is 0 Å². The Morgan fingerprint density at radius 1 is 1.31 bits per heavy atom. The topological polar surface area (TPSA) is 66.6 Å². The molecule has 0 saturated carbocycles. The Bertz CT molecular complexity index is 682. The van der Waals surface area contributed by atoms with Crippen molar-refractivity contribution in [3.8, 4) is 0 Å². The molecule has 1 atom stereocenters. The van der Waals surface area contributed by atoms with E-state index in [0.29, 0.717) is 25.1 Å². The van der Waals surface area contributed by atoms with Gasteiger partial charge in [-0.3, -0.25) is 9.59 Å². The fourth-order valence-corrected chi connectivity index (χ4v) is 3.76. The lowest BCUT2D eigenvalue weighted by molar-refractivity contribution is -0.127. The van der Waals surface area contributed by atoms with Gasteiger partial charge in [0, 0.05) is 41.8 Å². The number of rotatable bonds is 6. The average molecular weight is 360 g/mol. The number of carbonyl (C=O) groups is 2. The Kier molecular flexibility index (Phi) is 6.12. The third kappa shape index (κ3) is 3.78. The molecular weight excluding hydrogens is 326 g/mol. The lowest BCUT2D eigenvalue weighted by atomic mass is 9.80.